The van der Waals surface area contributed by atoms with E-state index in [0.717, 1.165) is 5.56 Å². The minimum Gasteiger partial charge on any atom is -0.480 e. The summed E-state index contributed by atoms with van der Waals surface area (Å²) in [7, 11) is 0. The van der Waals surface area contributed by atoms with Gasteiger partial charge in [-0.1, -0.05) is 44.2 Å². The summed E-state index contributed by atoms with van der Waals surface area (Å²) in [6.07, 6.45) is 0.343. The van der Waals surface area contributed by atoms with Crippen molar-refractivity contribution < 1.29 is 19.5 Å². The zero-order chi connectivity index (χ0) is 17.4. The molecule has 0 saturated carbocycles. The van der Waals surface area contributed by atoms with Gasteiger partial charge >= 0.3 is 5.97 Å². The van der Waals surface area contributed by atoms with Crippen molar-refractivity contribution in [1.82, 2.24) is 10.6 Å². The van der Waals surface area contributed by atoms with Crippen LogP contribution in [0.25, 0.3) is 0 Å². The smallest absolute Gasteiger partial charge is 0.326 e. The van der Waals surface area contributed by atoms with Crippen molar-refractivity contribution >= 4 is 17.8 Å². The molecular weight excluding hydrogens is 296 g/mol. The highest BCUT2D eigenvalue weighted by molar-refractivity contribution is 5.89. The molecule has 0 heterocycles. The molecule has 1 aromatic rings. The standard InChI is InChI=1S/C17H24N2O4/c1-11(2)9-14(17(22)23)19-15(20)10-18-16(21)12(3)13-7-5-4-6-8-13/h4-8,11-12,14H,9-10H2,1-3H3,(H,18,21)(H,19,20)(H,22,23)/t12?,14-/m0/s1. The number of rotatable bonds is 8. The third kappa shape index (κ3) is 6.50. The Hall–Kier alpha value is -2.37. The van der Waals surface area contributed by atoms with E-state index in [2.05, 4.69) is 10.6 Å². The molecule has 0 aliphatic heterocycles. The second kappa shape index (κ2) is 8.92. The molecule has 0 aromatic heterocycles. The van der Waals surface area contributed by atoms with Crippen molar-refractivity contribution in [2.24, 2.45) is 5.92 Å². The Bertz CT molecular complexity index is 543. The number of nitrogens with one attached hydrogen (secondary N) is 2. The van der Waals surface area contributed by atoms with Crippen molar-refractivity contribution in [2.75, 3.05) is 6.54 Å². The molecule has 1 unspecified atom stereocenters. The number of carbonyl (C=O) groups is 3. The molecule has 2 atom stereocenters. The van der Waals surface area contributed by atoms with E-state index in [1.54, 1.807) is 6.92 Å². The zero-order valence-electron chi connectivity index (χ0n) is 13.7. The first kappa shape index (κ1) is 18.7. The van der Waals surface area contributed by atoms with Crippen LogP contribution in [0, 0.1) is 5.92 Å². The summed E-state index contributed by atoms with van der Waals surface area (Å²) < 4.78 is 0. The van der Waals surface area contributed by atoms with Crippen LogP contribution in [0.4, 0.5) is 0 Å². The summed E-state index contributed by atoms with van der Waals surface area (Å²) in [5, 5.41) is 14.0. The van der Waals surface area contributed by atoms with Gasteiger partial charge in [-0.15, -0.1) is 0 Å². The van der Waals surface area contributed by atoms with E-state index in [1.165, 1.54) is 0 Å². The zero-order valence-corrected chi connectivity index (χ0v) is 13.7. The number of aliphatic carboxylic acids is 1. The van der Waals surface area contributed by atoms with Crippen LogP contribution in [0.5, 0.6) is 0 Å². The van der Waals surface area contributed by atoms with E-state index in [1.807, 2.05) is 44.2 Å². The van der Waals surface area contributed by atoms with E-state index in [9.17, 15) is 14.4 Å². The van der Waals surface area contributed by atoms with Crippen molar-refractivity contribution in [3.05, 3.63) is 35.9 Å². The van der Waals surface area contributed by atoms with Gasteiger partial charge in [0.15, 0.2) is 0 Å². The Morgan fingerprint density at radius 1 is 1.09 bits per heavy atom. The lowest BCUT2D eigenvalue weighted by molar-refractivity contribution is -0.142. The van der Waals surface area contributed by atoms with E-state index in [4.69, 9.17) is 5.11 Å². The Labute approximate surface area is 136 Å². The van der Waals surface area contributed by atoms with Gasteiger partial charge in [-0.05, 0) is 24.8 Å². The first-order valence-electron chi connectivity index (χ1n) is 7.66. The van der Waals surface area contributed by atoms with Gasteiger partial charge in [-0.2, -0.15) is 0 Å². The number of carboxylic acid groups (broad SMARTS) is 1. The lowest BCUT2D eigenvalue weighted by Gasteiger charge is -2.17. The Kier molecular flexibility index (Phi) is 7.25. The minimum absolute atomic E-state index is 0.143. The summed E-state index contributed by atoms with van der Waals surface area (Å²) >= 11 is 0. The molecule has 6 nitrogen and oxygen atoms in total. The number of benzene rings is 1. The highest BCUT2D eigenvalue weighted by Crippen LogP contribution is 2.14. The Balaban J connectivity index is 2.48. The summed E-state index contributed by atoms with van der Waals surface area (Å²) in [6, 6.07) is 8.29. The van der Waals surface area contributed by atoms with Gasteiger partial charge in [0, 0.05) is 0 Å². The van der Waals surface area contributed by atoms with Crippen LogP contribution in [0.2, 0.25) is 0 Å². The third-order valence-corrected chi connectivity index (χ3v) is 3.46. The molecule has 1 aromatic carbocycles. The fraction of sp³-hybridized carbons (Fsp3) is 0.471. The summed E-state index contributed by atoms with van der Waals surface area (Å²) in [5.41, 5.74) is 0.855. The maximum atomic E-state index is 12.0. The van der Waals surface area contributed by atoms with Gasteiger partial charge < -0.3 is 15.7 Å². The molecule has 0 radical (unpaired) electrons. The predicted molar refractivity (Wildman–Crippen MR) is 86.9 cm³/mol. The molecule has 1 rings (SSSR count). The van der Waals surface area contributed by atoms with Crippen LogP contribution in [-0.2, 0) is 14.4 Å². The summed E-state index contributed by atoms with van der Waals surface area (Å²) in [4.78, 5) is 35.0. The van der Waals surface area contributed by atoms with Gasteiger partial charge in [0.2, 0.25) is 11.8 Å². The van der Waals surface area contributed by atoms with Crippen LogP contribution >= 0.6 is 0 Å². The minimum atomic E-state index is -1.07. The van der Waals surface area contributed by atoms with E-state index in [0.29, 0.717) is 6.42 Å². The molecular formula is C17H24N2O4. The average Bonchev–Trinajstić information content (AvgIpc) is 2.51. The number of carbonyl (C=O) groups excluding carboxylic acids is 2. The molecule has 0 aliphatic rings. The van der Waals surface area contributed by atoms with Crippen LogP contribution in [0.15, 0.2) is 30.3 Å². The number of carboxylic acids is 1. The van der Waals surface area contributed by atoms with E-state index in [-0.39, 0.29) is 24.3 Å². The van der Waals surface area contributed by atoms with Gasteiger partial charge in [-0.3, -0.25) is 9.59 Å². The number of hydrogen-bond acceptors (Lipinski definition) is 3. The Morgan fingerprint density at radius 3 is 2.22 bits per heavy atom. The predicted octanol–water partition coefficient (Wildman–Crippen LogP) is 1.52. The quantitative estimate of drug-likeness (QED) is 0.677. The summed E-state index contributed by atoms with van der Waals surface area (Å²) in [5.74, 6) is -2.09. The van der Waals surface area contributed by atoms with Gasteiger partial charge in [0.1, 0.15) is 6.04 Å². The maximum Gasteiger partial charge on any atom is 0.326 e. The molecule has 0 bridgehead atoms. The molecule has 0 spiro atoms. The molecule has 23 heavy (non-hydrogen) atoms. The molecule has 6 heteroatoms. The molecule has 3 N–H and O–H groups in total. The number of hydrogen-bond donors (Lipinski definition) is 3. The monoisotopic (exact) mass is 320 g/mol. The van der Waals surface area contributed by atoms with Crippen LogP contribution in [0.3, 0.4) is 0 Å². The highest BCUT2D eigenvalue weighted by atomic mass is 16.4. The average molecular weight is 320 g/mol. The largest absolute Gasteiger partial charge is 0.480 e. The van der Waals surface area contributed by atoms with Gasteiger partial charge in [0.05, 0.1) is 12.5 Å². The molecule has 126 valence electrons. The van der Waals surface area contributed by atoms with E-state index < -0.39 is 17.9 Å². The van der Waals surface area contributed by atoms with E-state index >= 15 is 0 Å². The van der Waals surface area contributed by atoms with Crippen molar-refractivity contribution in [2.45, 2.75) is 39.2 Å². The lowest BCUT2D eigenvalue weighted by atomic mass is 10.0. The first-order valence-corrected chi connectivity index (χ1v) is 7.66. The van der Waals surface area contributed by atoms with Crippen LogP contribution < -0.4 is 10.6 Å². The molecule has 0 fully saturated rings. The fourth-order valence-electron chi connectivity index (χ4n) is 2.15. The molecule has 0 saturated heterocycles. The van der Waals surface area contributed by atoms with Crippen LogP contribution in [0.1, 0.15) is 38.7 Å². The fourth-order valence-corrected chi connectivity index (χ4v) is 2.15. The Morgan fingerprint density at radius 2 is 1.70 bits per heavy atom. The third-order valence-electron chi connectivity index (χ3n) is 3.46. The maximum absolute atomic E-state index is 12.0. The first-order chi connectivity index (χ1) is 10.8. The second-order valence-electron chi connectivity index (χ2n) is 5.94. The molecule has 2 amide bonds. The SMILES string of the molecule is CC(C)C[C@H](NC(=O)CNC(=O)C(C)c1ccccc1)C(=O)O. The van der Waals surface area contributed by atoms with Crippen molar-refractivity contribution in [3.63, 3.8) is 0 Å². The van der Waals surface area contributed by atoms with Crippen molar-refractivity contribution in [3.8, 4) is 0 Å². The van der Waals surface area contributed by atoms with Gasteiger partial charge in [0.25, 0.3) is 0 Å². The summed E-state index contributed by atoms with van der Waals surface area (Å²) in [6.45, 7) is 5.27. The van der Waals surface area contributed by atoms with Crippen LogP contribution in [-0.4, -0.2) is 35.5 Å². The number of amides is 2. The lowest BCUT2D eigenvalue weighted by Crippen LogP contribution is -2.46. The normalized spacial score (nSPS) is 13.2. The highest BCUT2D eigenvalue weighted by Gasteiger charge is 2.22. The molecule has 0 aliphatic carbocycles. The van der Waals surface area contributed by atoms with Gasteiger partial charge in [-0.25, -0.2) is 4.79 Å². The van der Waals surface area contributed by atoms with Crippen molar-refractivity contribution in [1.29, 1.82) is 0 Å². The second-order valence-corrected chi connectivity index (χ2v) is 5.94. The topological polar surface area (TPSA) is 95.5 Å².